The van der Waals surface area contributed by atoms with Crippen molar-refractivity contribution in [3.63, 3.8) is 0 Å². The molecule has 0 saturated heterocycles. The third-order valence-electron chi connectivity index (χ3n) is 2.56. The Hall–Kier alpha value is -1.60. The molecule has 0 saturated carbocycles. The molecule has 0 heterocycles. The van der Waals surface area contributed by atoms with Crippen LogP contribution in [0.1, 0.15) is 6.92 Å². The normalized spacial score (nSPS) is 11.4. The van der Waals surface area contributed by atoms with Crippen molar-refractivity contribution in [1.29, 1.82) is 0 Å². The number of benzene rings is 1. The molecule has 0 aliphatic heterocycles. The lowest BCUT2D eigenvalue weighted by Gasteiger charge is -2.19. The lowest BCUT2D eigenvalue weighted by Crippen LogP contribution is -2.36. The fraction of sp³-hybridized carbons (Fsp3) is 0.417. The number of likely N-dealkylation sites (N-methyl/N-ethyl adjacent to an activating group) is 1. The summed E-state index contributed by atoms with van der Waals surface area (Å²) in [5.41, 5.74) is 0. The van der Waals surface area contributed by atoms with Gasteiger partial charge in [-0.2, -0.15) is 4.31 Å². The quantitative estimate of drug-likeness (QED) is 0.726. The predicted molar refractivity (Wildman–Crippen MR) is 69.4 cm³/mol. The molecule has 0 aliphatic rings. The zero-order chi connectivity index (χ0) is 14.5. The average molecular weight is 287 g/mol. The van der Waals surface area contributed by atoms with Crippen LogP contribution in [0.2, 0.25) is 0 Å². The fourth-order valence-corrected chi connectivity index (χ4v) is 2.92. The molecule has 0 unspecified atom stereocenters. The minimum Gasteiger partial charge on any atom is -0.497 e. The molecule has 19 heavy (non-hydrogen) atoms. The minimum absolute atomic E-state index is 0.0811. The van der Waals surface area contributed by atoms with Crippen LogP contribution < -0.4 is 4.74 Å². The monoisotopic (exact) mass is 287 g/mol. The molecule has 1 rings (SSSR count). The lowest BCUT2D eigenvalue weighted by molar-refractivity contribution is -0.140. The van der Waals surface area contributed by atoms with Gasteiger partial charge < -0.3 is 9.47 Å². The van der Waals surface area contributed by atoms with E-state index in [0.717, 1.165) is 4.31 Å². The van der Waals surface area contributed by atoms with Crippen molar-refractivity contribution in [2.45, 2.75) is 11.8 Å². The third kappa shape index (κ3) is 3.68. The maximum atomic E-state index is 12.3. The molecule has 106 valence electrons. The van der Waals surface area contributed by atoms with Gasteiger partial charge in [-0.1, -0.05) is 13.0 Å². The standard InChI is InChI=1S/C12H17NO5S/c1-4-13(9-12(14)18-3)19(15,16)11-7-5-6-10(8-11)17-2/h5-8H,4,9H2,1-3H3. The first-order valence-electron chi connectivity index (χ1n) is 5.66. The number of nitrogens with zero attached hydrogens (tertiary/aromatic N) is 1. The molecule has 6 nitrogen and oxygen atoms in total. The van der Waals surface area contributed by atoms with Crippen molar-refractivity contribution in [2.24, 2.45) is 0 Å². The van der Waals surface area contributed by atoms with Crippen LogP contribution >= 0.6 is 0 Å². The molecular weight excluding hydrogens is 270 g/mol. The Morgan fingerprint density at radius 2 is 2.00 bits per heavy atom. The van der Waals surface area contributed by atoms with E-state index >= 15 is 0 Å². The van der Waals surface area contributed by atoms with Crippen LogP contribution in [-0.2, 0) is 19.6 Å². The van der Waals surface area contributed by atoms with E-state index in [1.807, 2.05) is 0 Å². The van der Waals surface area contributed by atoms with Crippen molar-refractivity contribution in [2.75, 3.05) is 27.3 Å². The van der Waals surface area contributed by atoms with Crippen LogP contribution in [-0.4, -0.2) is 46.0 Å². The number of carbonyl (C=O) groups is 1. The molecule has 0 aromatic heterocycles. The summed E-state index contributed by atoms with van der Waals surface area (Å²) in [6, 6.07) is 6.10. The van der Waals surface area contributed by atoms with Gasteiger partial charge in [0.05, 0.1) is 19.1 Å². The topological polar surface area (TPSA) is 72.9 Å². The number of methoxy groups -OCH3 is 2. The Bertz CT molecular complexity index is 541. The van der Waals surface area contributed by atoms with E-state index in [-0.39, 0.29) is 18.0 Å². The van der Waals surface area contributed by atoms with Crippen molar-refractivity contribution in [3.05, 3.63) is 24.3 Å². The number of hydrogen-bond donors (Lipinski definition) is 0. The van der Waals surface area contributed by atoms with Gasteiger partial charge in [-0.15, -0.1) is 0 Å². The number of ether oxygens (including phenoxy) is 2. The van der Waals surface area contributed by atoms with E-state index in [1.54, 1.807) is 19.1 Å². The molecule has 7 heteroatoms. The SMILES string of the molecule is CCN(CC(=O)OC)S(=O)(=O)c1cccc(OC)c1. The maximum absolute atomic E-state index is 12.3. The Labute approximate surface area is 113 Å². The number of esters is 1. The number of carbonyl (C=O) groups excluding carboxylic acids is 1. The molecule has 1 aromatic rings. The van der Waals surface area contributed by atoms with Crippen molar-refractivity contribution in [1.82, 2.24) is 4.31 Å². The van der Waals surface area contributed by atoms with Crippen LogP contribution in [0.25, 0.3) is 0 Å². The fourth-order valence-electron chi connectivity index (χ4n) is 1.49. The highest BCUT2D eigenvalue weighted by atomic mass is 32.2. The first-order chi connectivity index (χ1) is 8.95. The van der Waals surface area contributed by atoms with Crippen molar-refractivity contribution in [3.8, 4) is 5.75 Å². The highest BCUT2D eigenvalue weighted by molar-refractivity contribution is 7.89. The summed E-state index contributed by atoms with van der Waals surface area (Å²) in [7, 11) is -1.06. The van der Waals surface area contributed by atoms with E-state index in [0.29, 0.717) is 5.75 Å². The highest BCUT2D eigenvalue weighted by Gasteiger charge is 2.25. The second kappa shape index (κ2) is 6.53. The summed E-state index contributed by atoms with van der Waals surface area (Å²) in [6.45, 7) is 1.52. The molecule has 0 fully saturated rings. The van der Waals surface area contributed by atoms with E-state index in [9.17, 15) is 13.2 Å². The molecule has 0 radical (unpaired) electrons. The van der Waals surface area contributed by atoms with Crippen LogP contribution in [0.4, 0.5) is 0 Å². The number of rotatable bonds is 6. The van der Waals surface area contributed by atoms with Crippen LogP contribution in [0.3, 0.4) is 0 Å². The Kier molecular flexibility index (Phi) is 5.31. The van der Waals surface area contributed by atoms with E-state index in [4.69, 9.17) is 4.74 Å². The maximum Gasteiger partial charge on any atom is 0.321 e. The number of hydrogen-bond acceptors (Lipinski definition) is 5. The molecule has 0 aliphatic carbocycles. The summed E-state index contributed by atoms with van der Waals surface area (Å²) < 4.78 is 35.2. The average Bonchev–Trinajstić information content (AvgIpc) is 2.44. The Balaban J connectivity index is 3.09. The van der Waals surface area contributed by atoms with Gasteiger partial charge in [-0.25, -0.2) is 8.42 Å². The molecule has 0 spiro atoms. The molecule has 0 N–H and O–H groups in total. The predicted octanol–water partition coefficient (Wildman–Crippen LogP) is 0.879. The Morgan fingerprint density at radius 3 is 2.53 bits per heavy atom. The molecular formula is C12H17NO5S. The number of sulfonamides is 1. The smallest absolute Gasteiger partial charge is 0.321 e. The first kappa shape index (κ1) is 15.5. The van der Waals surface area contributed by atoms with E-state index < -0.39 is 16.0 Å². The van der Waals surface area contributed by atoms with Gasteiger partial charge in [-0.3, -0.25) is 4.79 Å². The zero-order valence-corrected chi connectivity index (χ0v) is 11.9. The molecule has 0 bridgehead atoms. The van der Waals surface area contributed by atoms with Crippen LogP contribution in [0.5, 0.6) is 5.75 Å². The van der Waals surface area contributed by atoms with Crippen LogP contribution in [0.15, 0.2) is 29.2 Å². The molecule has 1 aromatic carbocycles. The highest BCUT2D eigenvalue weighted by Crippen LogP contribution is 2.20. The van der Waals surface area contributed by atoms with Gasteiger partial charge in [0.15, 0.2) is 0 Å². The summed E-state index contributed by atoms with van der Waals surface area (Å²) in [4.78, 5) is 11.3. The zero-order valence-electron chi connectivity index (χ0n) is 11.1. The molecule has 0 amide bonds. The summed E-state index contributed by atoms with van der Waals surface area (Å²) in [5, 5.41) is 0. The van der Waals surface area contributed by atoms with E-state index in [1.165, 1.54) is 26.4 Å². The van der Waals surface area contributed by atoms with Gasteiger partial charge in [0, 0.05) is 12.6 Å². The Morgan fingerprint density at radius 1 is 1.32 bits per heavy atom. The largest absolute Gasteiger partial charge is 0.497 e. The second-order valence-electron chi connectivity index (χ2n) is 3.69. The van der Waals surface area contributed by atoms with Gasteiger partial charge in [0.25, 0.3) is 0 Å². The third-order valence-corrected chi connectivity index (χ3v) is 4.48. The van der Waals surface area contributed by atoms with Gasteiger partial charge in [-0.05, 0) is 12.1 Å². The summed E-state index contributed by atoms with van der Waals surface area (Å²) in [5.74, 6) is -0.163. The van der Waals surface area contributed by atoms with E-state index in [2.05, 4.69) is 4.74 Å². The summed E-state index contributed by atoms with van der Waals surface area (Å²) >= 11 is 0. The molecule has 0 atom stereocenters. The van der Waals surface area contributed by atoms with Crippen LogP contribution in [0, 0.1) is 0 Å². The first-order valence-corrected chi connectivity index (χ1v) is 7.10. The van der Waals surface area contributed by atoms with Gasteiger partial charge >= 0.3 is 5.97 Å². The second-order valence-corrected chi connectivity index (χ2v) is 5.62. The minimum atomic E-state index is -3.74. The van der Waals surface area contributed by atoms with Gasteiger partial charge in [0.1, 0.15) is 12.3 Å². The lowest BCUT2D eigenvalue weighted by atomic mass is 10.3. The van der Waals surface area contributed by atoms with Crippen molar-refractivity contribution < 1.29 is 22.7 Å². The van der Waals surface area contributed by atoms with Crippen molar-refractivity contribution >= 4 is 16.0 Å². The van der Waals surface area contributed by atoms with Gasteiger partial charge in [0.2, 0.25) is 10.0 Å². The summed E-state index contributed by atoms with van der Waals surface area (Å²) in [6.07, 6.45) is 0.